The average Bonchev–Trinajstić information content (AvgIpc) is 3.01. The summed E-state index contributed by atoms with van der Waals surface area (Å²) in [7, 11) is 0. The van der Waals surface area contributed by atoms with Gasteiger partial charge >= 0.3 is 0 Å². The Morgan fingerprint density at radius 1 is 0.793 bits per heavy atom. The second-order valence-corrected chi connectivity index (χ2v) is 7.05. The second-order valence-electron chi connectivity index (χ2n) is 6.61. The highest BCUT2D eigenvalue weighted by Gasteiger charge is 2.39. The maximum absolute atomic E-state index is 13.0. The zero-order chi connectivity index (χ0) is 20.4. The van der Waals surface area contributed by atoms with E-state index in [1.54, 1.807) is 78.9 Å². The third-order valence-corrected chi connectivity index (χ3v) is 5.06. The van der Waals surface area contributed by atoms with Gasteiger partial charge in [-0.25, -0.2) is 0 Å². The van der Waals surface area contributed by atoms with Crippen molar-refractivity contribution in [3.8, 4) is 0 Å². The number of ketones is 1. The third kappa shape index (κ3) is 3.62. The molecule has 4 rings (SSSR count). The fourth-order valence-corrected chi connectivity index (χ4v) is 3.47. The number of hydrogen-bond donors (Lipinski definition) is 0. The molecule has 0 spiro atoms. The lowest BCUT2D eigenvalue weighted by molar-refractivity contribution is 0.0612. The van der Waals surface area contributed by atoms with Crippen LogP contribution < -0.4 is 0 Å². The SMILES string of the molecule is O=C(C=CC(c1ccc(Cl)cc1)N1C(=O)c2ccccc2C1=O)c1ccccc1. The number of nitrogens with zero attached hydrogens (tertiary/aromatic N) is 1. The number of rotatable bonds is 5. The van der Waals surface area contributed by atoms with Crippen LogP contribution in [0, 0.1) is 0 Å². The van der Waals surface area contributed by atoms with Gasteiger partial charge < -0.3 is 0 Å². The molecule has 1 aliphatic rings. The molecule has 1 atom stereocenters. The van der Waals surface area contributed by atoms with E-state index in [4.69, 9.17) is 11.6 Å². The standard InChI is InChI=1S/C24H16ClNO3/c25-18-12-10-16(11-13-18)21(14-15-22(27)17-6-2-1-3-7-17)26-23(28)19-8-4-5-9-20(19)24(26)29/h1-15,21H. The van der Waals surface area contributed by atoms with Gasteiger partial charge in [0.1, 0.15) is 0 Å². The molecule has 0 N–H and O–H groups in total. The molecule has 0 radical (unpaired) electrons. The topological polar surface area (TPSA) is 54.5 Å². The Balaban J connectivity index is 1.73. The number of benzene rings is 3. The van der Waals surface area contributed by atoms with Crippen LogP contribution in [0.1, 0.15) is 42.7 Å². The van der Waals surface area contributed by atoms with Gasteiger partial charge in [-0.2, -0.15) is 0 Å². The first-order valence-corrected chi connectivity index (χ1v) is 9.44. The fraction of sp³-hybridized carbons (Fsp3) is 0.0417. The zero-order valence-electron chi connectivity index (χ0n) is 15.3. The maximum Gasteiger partial charge on any atom is 0.262 e. The number of carbonyl (C=O) groups is 3. The first-order chi connectivity index (χ1) is 14.1. The molecule has 0 bridgehead atoms. The second kappa shape index (κ2) is 7.86. The summed E-state index contributed by atoms with van der Waals surface area (Å²) in [5.74, 6) is -0.981. The molecule has 0 saturated heterocycles. The summed E-state index contributed by atoms with van der Waals surface area (Å²) in [6, 6.07) is 21.7. The molecule has 0 saturated carbocycles. The lowest BCUT2D eigenvalue weighted by Crippen LogP contribution is -2.33. The zero-order valence-corrected chi connectivity index (χ0v) is 16.0. The predicted octanol–water partition coefficient (Wildman–Crippen LogP) is 5.12. The van der Waals surface area contributed by atoms with E-state index in [1.807, 2.05) is 6.07 Å². The molecule has 1 unspecified atom stereocenters. The van der Waals surface area contributed by atoms with Gasteiger partial charge in [-0.15, -0.1) is 0 Å². The van der Waals surface area contributed by atoms with Crippen molar-refractivity contribution in [2.45, 2.75) is 6.04 Å². The van der Waals surface area contributed by atoms with E-state index in [-0.39, 0.29) is 17.6 Å². The van der Waals surface area contributed by atoms with Crippen LogP contribution in [0.25, 0.3) is 0 Å². The number of carbonyl (C=O) groups excluding carboxylic acids is 3. The van der Waals surface area contributed by atoms with Crippen molar-refractivity contribution in [1.82, 2.24) is 4.90 Å². The third-order valence-electron chi connectivity index (χ3n) is 4.80. The Bertz CT molecular complexity index is 1090. The lowest BCUT2D eigenvalue weighted by Gasteiger charge is -2.24. The summed E-state index contributed by atoms with van der Waals surface area (Å²) in [6.45, 7) is 0. The predicted molar refractivity (Wildman–Crippen MR) is 111 cm³/mol. The van der Waals surface area contributed by atoms with Crippen molar-refractivity contribution in [3.05, 3.63) is 118 Å². The molecule has 0 aliphatic carbocycles. The molecule has 1 aliphatic heterocycles. The monoisotopic (exact) mass is 401 g/mol. The largest absolute Gasteiger partial charge is 0.289 e. The van der Waals surface area contributed by atoms with Crippen LogP contribution in [0.3, 0.4) is 0 Å². The van der Waals surface area contributed by atoms with Gasteiger partial charge in [-0.1, -0.05) is 72.3 Å². The number of hydrogen-bond acceptors (Lipinski definition) is 3. The lowest BCUT2D eigenvalue weighted by atomic mass is 10.0. The van der Waals surface area contributed by atoms with Crippen LogP contribution >= 0.6 is 11.6 Å². The Morgan fingerprint density at radius 2 is 1.34 bits per heavy atom. The van der Waals surface area contributed by atoms with Crippen LogP contribution in [0.5, 0.6) is 0 Å². The highest BCUT2D eigenvalue weighted by molar-refractivity contribution is 6.30. The fourth-order valence-electron chi connectivity index (χ4n) is 3.34. The van der Waals surface area contributed by atoms with Crippen LogP contribution in [0.15, 0.2) is 91.0 Å². The summed E-state index contributed by atoms with van der Waals surface area (Å²) in [4.78, 5) is 39.6. The summed E-state index contributed by atoms with van der Waals surface area (Å²) in [6.07, 6.45) is 2.98. The first kappa shape index (κ1) is 18.8. The highest BCUT2D eigenvalue weighted by Crippen LogP contribution is 2.33. The Morgan fingerprint density at radius 3 is 1.93 bits per heavy atom. The number of halogens is 1. The Labute approximate surface area is 173 Å². The van der Waals surface area contributed by atoms with E-state index in [0.717, 1.165) is 0 Å². The van der Waals surface area contributed by atoms with Gasteiger partial charge in [0, 0.05) is 10.6 Å². The molecule has 5 heteroatoms. The minimum absolute atomic E-state index is 0.207. The van der Waals surface area contributed by atoms with Crippen molar-refractivity contribution in [3.63, 3.8) is 0 Å². The minimum atomic E-state index is -0.729. The normalized spacial score (nSPS) is 14.3. The number of amides is 2. The van der Waals surface area contributed by atoms with Crippen LogP contribution in [-0.2, 0) is 0 Å². The molecule has 0 fully saturated rings. The van der Waals surface area contributed by atoms with Gasteiger partial charge in [0.25, 0.3) is 11.8 Å². The van der Waals surface area contributed by atoms with Crippen molar-refractivity contribution in [2.75, 3.05) is 0 Å². The van der Waals surface area contributed by atoms with Crippen molar-refractivity contribution >= 4 is 29.2 Å². The van der Waals surface area contributed by atoms with Gasteiger partial charge in [-0.05, 0) is 35.9 Å². The summed E-state index contributed by atoms with van der Waals surface area (Å²) in [5, 5.41) is 0.541. The quantitative estimate of drug-likeness (QED) is 0.339. The van der Waals surface area contributed by atoms with Crippen LogP contribution in [-0.4, -0.2) is 22.5 Å². The average molecular weight is 402 g/mol. The van der Waals surface area contributed by atoms with Gasteiger partial charge in [0.15, 0.2) is 5.78 Å². The van der Waals surface area contributed by atoms with E-state index in [0.29, 0.717) is 27.3 Å². The first-order valence-electron chi connectivity index (χ1n) is 9.06. The maximum atomic E-state index is 13.0. The molecule has 1 heterocycles. The number of imide groups is 1. The summed E-state index contributed by atoms with van der Waals surface area (Å²) < 4.78 is 0. The smallest absolute Gasteiger partial charge is 0.262 e. The van der Waals surface area contributed by atoms with E-state index in [1.165, 1.54) is 11.0 Å². The highest BCUT2D eigenvalue weighted by atomic mass is 35.5. The summed E-state index contributed by atoms with van der Waals surface area (Å²) in [5.41, 5.74) is 1.93. The molecule has 0 aromatic heterocycles. The number of allylic oxidation sites excluding steroid dienone is 1. The van der Waals surface area contributed by atoms with E-state index >= 15 is 0 Å². The van der Waals surface area contributed by atoms with Crippen molar-refractivity contribution < 1.29 is 14.4 Å². The van der Waals surface area contributed by atoms with Gasteiger partial charge in [0.2, 0.25) is 0 Å². The summed E-state index contributed by atoms with van der Waals surface area (Å²) >= 11 is 5.99. The van der Waals surface area contributed by atoms with Crippen molar-refractivity contribution in [2.24, 2.45) is 0 Å². The molecular weight excluding hydrogens is 386 g/mol. The molecule has 142 valence electrons. The Kier molecular flexibility index (Phi) is 5.10. The van der Waals surface area contributed by atoms with E-state index in [2.05, 4.69) is 0 Å². The number of fused-ring (bicyclic) bond motifs is 1. The van der Waals surface area contributed by atoms with Gasteiger partial charge in [0.05, 0.1) is 17.2 Å². The molecule has 3 aromatic rings. The minimum Gasteiger partial charge on any atom is -0.289 e. The molecule has 3 aromatic carbocycles. The van der Waals surface area contributed by atoms with Crippen LogP contribution in [0.4, 0.5) is 0 Å². The van der Waals surface area contributed by atoms with E-state index in [9.17, 15) is 14.4 Å². The van der Waals surface area contributed by atoms with E-state index < -0.39 is 6.04 Å². The molecular formula is C24H16ClNO3. The van der Waals surface area contributed by atoms with Gasteiger partial charge in [-0.3, -0.25) is 19.3 Å². The Hall–Kier alpha value is -3.50. The molecule has 4 nitrogen and oxygen atoms in total. The van der Waals surface area contributed by atoms with Crippen LogP contribution in [0.2, 0.25) is 5.02 Å². The van der Waals surface area contributed by atoms with Crippen molar-refractivity contribution in [1.29, 1.82) is 0 Å². The molecule has 29 heavy (non-hydrogen) atoms. The molecule has 2 amide bonds.